The first-order chi connectivity index (χ1) is 20.1. The molecule has 3 aliphatic rings. The van der Waals surface area contributed by atoms with Gasteiger partial charge >= 0.3 is 0 Å². The lowest BCUT2D eigenvalue weighted by Gasteiger charge is -2.26. The van der Waals surface area contributed by atoms with Gasteiger partial charge in [-0.2, -0.15) is 0 Å². The maximum absolute atomic E-state index is 9.88. The standard InChI is InChI=1S/C31H40N6O4/c38-32-28(11-17-36-13-3-1-4-14-36)30(34-40)22-7-9-26-24(19-22)21-25-20-23(8-10-27(25)26)31(35-41)29(33-39)12-18-37-15-5-2-6-16-37/h7-10,19-20,38-41H,1-6,11-18,21H2. The number of likely N-dealkylation sites (tertiary alicyclic amines) is 2. The lowest BCUT2D eigenvalue weighted by Crippen LogP contribution is -2.33. The van der Waals surface area contributed by atoms with Crippen molar-refractivity contribution in [3.8, 4) is 11.1 Å². The topological polar surface area (TPSA) is 137 Å². The number of nitrogens with zero attached hydrogens (tertiary/aromatic N) is 6. The molecule has 0 radical (unpaired) electrons. The summed E-state index contributed by atoms with van der Waals surface area (Å²) < 4.78 is 0. The smallest absolute Gasteiger partial charge is 0.134 e. The third kappa shape index (κ3) is 6.60. The molecule has 0 unspecified atom stereocenters. The number of hydrogen-bond acceptors (Lipinski definition) is 10. The van der Waals surface area contributed by atoms with Crippen molar-refractivity contribution in [3.63, 3.8) is 0 Å². The van der Waals surface area contributed by atoms with Crippen LogP contribution in [-0.4, -0.2) is 92.7 Å². The van der Waals surface area contributed by atoms with Gasteiger partial charge in [-0.3, -0.25) is 0 Å². The molecule has 0 amide bonds. The Labute approximate surface area is 240 Å². The van der Waals surface area contributed by atoms with Crippen molar-refractivity contribution < 1.29 is 20.8 Å². The fourth-order valence-electron chi connectivity index (χ4n) is 6.39. The van der Waals surface area contributed by atoms with Gasteiger partial charge in [-0.05, 0) is 92.7 Å². The van der Waals surface area contributed by atoms with Crippen LogP contribution in [0, 0.1) is 0 Å². The Hall–Kier alpha value is -3.76. The molecule has 0 saturated carbocycles. The highest BCUT2D eigenvalue weighted by molar-refractivity contribution is 6.48. The zero-order valence-corrected chi connectivity index (χ0v) is 23.5. The van der Waals surface area contributed by atoms with Gasteiger partial charge < -0.3 is 30.6 Å². The summed E-state index contributed by atoms with van der Waals surface area (Å²) in [6.07, 6.45) is 8.85. The molecular weight excluding hydrogens is 520 g/mol. The van der Waals surface area contributed by atoms with Crippen LogP contribution in [0.2, 0.25) is 0 Å². The highest BCUT2D eigenvalue weighted by atomic mass is 16.4. The molecule has 1 aliphatic carbocycles. The number of piperidine rings is 2. The van der Waals surface area contributed by atoms with E-state index in [1.807, 2.05) is 36.4 Å². The zero-order chi connectivity index (χ0) is 28.6. The van der Waals surface area contributed by atoms with Gasteiger partial charge in [-0.1, -0.05) is 57.7 Å². The highest BCUT2D eigenvalue weighted by Gasteiger charge is 2.24. The van der Waals surface area contributed by atoms with Gasteiger partial charge in [0.2, 0.25) is 0 Å². The molecule has 218 valence electrons. The van der Waals surface area contributed by atoms with E-state index >= 15 is 0 Å². The number of hydrogen-bond donors (Lipinski definition) is 4. The van der Waals surface area contributed by atoms with Gasteiger partial charge in [0.15, 0.2) is 0 Å². The average molecular weight is 561 g/mol. The summed E-state index contributed by atoms with van der Waals surface area (Å²) in [5.74, 6) is 0. The van der Waals surface area contributed by atoms with Gasteiger partial charge in [-0.25, -0.2) is 0 Å². The first-order valence-corrected chi connectivity index (χ1v) is 14.7. The van der Waals surface area contributed by atoms with Crippen LogP contribution in [-0.2, 0) is 6.42 Å². The summed E-state index contributed by atoms with van der Waals surface area (Å²) in [7, 11) is 0. The monoisotopic (exact) mass is 560 g/mol. The highest BCUT2D eigenvalue weighted by Crippen LogP contribution is 2.38. The number of oxime groups is 4. The minimum atomic E-state index is 0.274. The second-order valence-electron chi connectivity index (χ2n) is 11.2. The van der Waals surface area contributed by atoms with Crippen molar-refractivity contribution in [2.24, 2.45) is 20.6 Å². The van der Waals surface area contributed by atoms with E-state index in [0.29, 0.717) is 41.8 Å². The Morgan fingerprint density at radius 2 is 0.976 bits per heavy atom. The Morgan fingerprint density at radius 1 is 0.561 bits per heavy atom. The minimum Gasteiger partial charge on any atom is -0.411 e. The molecule has 0 bridgehead atoms. The average Bonchev–Trinajstić information content (AvgIpc) is 3.39. The summed E-state index contributed by atoms with van der Waals surface area (Å²) in [4.78, 5) is 4.70. The zero-order valence-electron chi connectivity index (χ0n) is 23.5. The fraction of sp³-hybridized carbons (Fsp3) is 0.484. The molecule has 2 aliphatic heterocycles. The van der Waals surface area contributed by atoms with Gasteiger partial charge in [0, 0.05) is 37.1 Å². The normalized spacial score (nSPS) is 19.3. The van der Waals surface area contributed by atoms with Crippen LogP contribution in [0.25, 0.3) is 11.1 Å². The molecule has 0 aromatic heterocycles. The van der Waals surface area contributed by atoms with Gasteiger partial charge in [0.1, 0.15) is 22.8 Å². The number of benzene rings is 2. The second kappa shape index (κ2) is 13.7. The molecule has 0 atom stereocenters. The van der Waals surface area contributed by atoms with E-state index in [1.54, 1.807) is 0 Å². The van der Waals surface area contributed by atoms with Gasteiger partial charge in [-0.15, -0.1) is 0 Å². The van der Waals surface area contributed by atoms with Crippen molar-refractivity contribution in [2.45, 2.75) is 57.8 Å². The van der Waals surface area contributed by atoms with E-state index in [1.165, 1.54) is 38.5 Å². The van der Waals surface area contributed by atoms with Crippen LogP contribution in [0.3, 0.4) is 0 Å². The Bertz CT molecular complexity index is 1240. The van der Waals surface area contributed by atoms with Crippen molar-refractivity contribution in [1.29, 1.82) is 0 Å². The molecule has 2 aromatic carbocycles. The Kier molecular flexibility index (Phi) is 9.63. The molecule has 4 N–H and O–H groups in total. The molecule has 2 fully saturated rings. The second-order valence-corrected chi connectivity index (χ2v) is 11.2. The molecule has 0 spiro atoms. The van der Waals surface area contributed by atoms with Gasteiger partial charge in [0.25, 0.3) is 0 Å². The molecule has 10 nitrogen and oxygen atoms in total. The first kappa shape index (κ1) is 28.8. The van der Waals surface area contributed by atoms with E-state index in [2.05, 4.69) is 30.4 Å². The summed E-state index contributed by atoms with van der Waals surface area (Å²) in [6, 6.07) is 11.7. The molecule has 41 heavy (non-hydrogen) atoms. The van der Waals surface area contributed by atoms with E-state index in [0.717, 1.165) is 61.5 Å². The maximum atomic E-state index is 9.88. The summed E-state index contributed by atoms with van der Waals surface area (Å²) in [6.45, 7) is 5.66. The van der Waals surface area contributed by atoms with Crippen molar-refractivity contribution in [2.75, 3.05) is 39.3 Å². The summed E-state index contributed by atoms with van der Waals surface area (Å²) in [5, 5.41) is 53.3. The predicted molar refractivity (Wildman–Crippen MR) is 160 cm³/mol. The van der Waals surface area contributed by atoms with E-state index < -0.39 is 0 Å². The lowest BCUT2D eigenvalue weighted by atomic mass is 9.97. The van der Waals surface area contributed by atoms with Crippen molar-refractivity contribution in [3.05, 3.63) is 58.7 Å². The van der Waals surface area contributed by atoms with E-state index in [9.17, 15) is 20.8 Å². The van der Waals surface area contributed by atoms with Crippen LogP contribution >= 0.6 is 0 Å². The van der Waals surface area contributed by atoms with Crippen LogP contribution in [0.15, 0.2) is 57.0 Å². The lowest BCUT2D eigenvalue weighted by molar-refractivity contribution is 0.234. The predicted octanol–water partition coefficient (Wildman–Crippen LogP) is 5.03. The molecular formula is C31H40N6O4. The largest absolute Gasteiger partial charge is 0.411 e. The molecule has 2 aromatic rings. The Balaban J connectivity index is 1.29. The van der Waals surface area contributed by atoms with Crippen LogP contribution in [0.5, 0.6) is 0 Å². The fourth-order valence-corrected chi connectivity index (χ4v) is 6.39. The van der Waals surface area contributed by atoms with Gasteiger partial charge in [0.05, 0.1) is 0 Å². The van der Waals surface area contributed by atoms with Crippen molar-refractivity contribution >= 4 is 22.8 Å². The SMILES string of the molecule is ON=C(CCN1CCCCC1)C(=NO)c1ccc2c(c1)Cc1cc(C(=NO)C(CCN3CCCCC3)=NO)ccc1-2. The van der Waals surface area contributed by atoms with Crippen LogP contribution in [0.1, 0.15) is 73.6 Å². The van der Waals surface area contributed by atoms with Crippen LogP contribution < -0.4 is 0 Å². The first-order valence-electron chi connectivity index (χ1n) is 14.7. The molecule has 2 saturated heterocycles. The third-order valence-corrected chi connectivity index (χ3v) is 8.64. The molecule has 10 heteroatoms. The summed E-state index contributed by atoms with van der Waals surface area (Å²) in [5.41, 5.74) is 6.93. The van der Waals surface area contributed by atoms with Crippen molar-refractivity contribution in [1.82, 2.24) is 9.80 Å². The Morgan fingerprint density at radius 3 is 1.34 bits per heavy atom. The van der Waals surface area contributed by atoms with E-state index in [4.69, 9.17) is 0 Å². The van der Waals surface area contributed by atoms with E-state index in [-0.39, 0.29) is 11.4 Å². The number of rotatable bonds is 10. The summed E-state index contributed by atoms with van der Waals surface area (Å²) >= 11 is 0. The quantitative estimate of drug-likeness (QED) is 0.156. The molecule has 5 rings (SSSR count). The maximum Gasteiger partial charge on any atom is 0.134 e. The minimum absolute atomic E-state index is 0.274. The third-order valence-electron chi connectivity index (χ3n) is 8.64. The molecule has 2 heterocycles. The van der Waals surface area contributed by atoms with Crippen LogP contribution in [0.4, 0.5) is 0 Å². The number of fused-ring (bicyclic) bond motifs is 3.